The molecule has 0 spiro atoms. The van der Waals surface area contributed by atoms with Crippen LogP contribution in [0.4, 0.5) is 0 Å². The number of cyclic esters (lactones) is 1. The normalized spacial score (nSPS) is 36.2. The molecule has 0 aromatic heterocycles. The fraction of sp³-hybridized carbons (Fsp3) is 0.875. The molecule has 0 amide bonds. The molecule has 0 aromatic rings. The van der Waals surface area contributed by atoms with E-state index in [1.54, 1.807) is 27.7 Å². The van der Waals surface area contributed by atoms with Gasteiger partial charge in [-0.15, -0.1) is 0 Å². The molecule has 0 saturated carbocycles. The minimum Gasteiger partial charge on any atom is -0.465 e. The summed E-state index contributed by atoms with van der Waals surface area (Å²) in [5.41, 5.74) is -1.53. The van der Waals surface area contributed by atoms with Gasteiger partial charge in [0.25, 0.3) is 0 Å². The summed E-state index contributed by atoms with van der Waals surface area (Å²) < 4.78 is 19.7. The molecule has 0 radical (unpaired) electrons. The molecule has 2 heteroatoms. The van der Waals surface area contributed by atoms with Crippen molar-refractivity contribution >= 4 is 5.97 Å². The fourth-order valence-electron chi connectivity index (χ4n) is 0.684. The van der Waals surface area contributed by atoms with Crippen LogP contribution in [0.2, 0.25) is 0 Å². The summed E-state index contributed by atoms with van der Waals surface area (Å²) in [5.74, 6) is -0.461. The van der Waals surface area contributed by atoms with E-state index in [1.165, 1.54) is 0 Å². The van der Waals surface area contributed by atoms with Crippen LogP contribution in [0.1, 0.15) is 30.4 Å². The molecular formula is C8H14O2. The van der Waals surface area contributed by atoms with Gasteiger partial charge in [-0.05, 0) is 13.8 Å². The minimum atomic E-state index is -1.85. The van der Waals surface area contributed by atoms with E-state index in [1.807, 2.05) is 0 Å². The lowest BCUT2D eigenvalue weighted by Crippen LogP contribution is -2.32. The zero-order valence-electron chi connectivity index (χ0n) is 8.82. The van der Waals surface area contributed by atoms with E-state index in [0.717, 1.165) is 0 Å². The summed E-state index contributed by atoms with van der Waals surface area (Å²) in [7, 11) is 0. The lowest BCUT2D eigenvalue weighted by atomic mass is 9.70. The Hall–Kier alpha value is -0.530. The molecule has 0 N–H and O–H groups in total. The fourth-order valence-corrected chi connectivity index (χ4v) is 0.684. The number of carbonyl (C=O) groups excluding carboxylic acids is 1. The maximum absolute atomic E-state index is 11.3. The van der Waals surface area contributed by atoms with E-state index in [9.17, 15) is 4.79 Å². The van der Waals surface area contributed by atoms with Gasteiger partial charge >= 0.3 is 5.97 Å². The van der Waals surface area contributed by atoms with Crippen LogP contribution in [0.25, 0.3) is 0 Å². The lowest BCUT2D eigenvalue weighted by molar-refractivity contribution is -0.145. The molecule has 0 aromatic carbocycles. The number of esters is 1. The van der Waals surface area contributed by atoms with Crippen molar-refractivity contribution in [3.8, 4) is 0 Å². The Morgan fingerprint density at radius 1 is 1.50 bits per heavy atom. The average molecular weight is 144 g/mol. The first-order valence-corrected chi connectivity index (χ1v) is 3.36. The first-order valence-electron chi connectivity index (χ1n) is 4.36. The Morgan fingerprint density at radius 2 is 2.00 bits per heavy atom. The molecule has 0 unspecified atom stereocenters. The third kappa shape index (κ3) is 0.746. The van der Waals surface area contributed by atoms with E-state index in [0.29, 0.717) is 0 Å². The maximum atomic E-state index is 11.3. The molecule has 1 rings (SSSR count). The molecule has 1 saturated heterocycles. The molecule has 0 bridgehead atoms. The van der Waals surface area contributed by atoms with Gasteiger partial charge in [-0.1, -0.05) is 13.8 Å². The second kappa shape index (κ2) is 1.74. The van der Waals surface area contributed by atoms with E-state index in [-0.39, 0.29) is 0 Å². The van der Waals surface area contributed by atoms with Gasteiger partial charge in [-0.2, -0.15) is 0 Å². The lowest BCUT2D eigenvalue weighted by Gasteiger charge is -2.28. The van der Waals surface area contributed by atoms with Crippen LogP contribution in [0, 0.1) is 10.8 Å². The third-order valence-corrected chi connectivity index (χ3v) is 2.47. The summed E-state index contributed by atoms with van der Waals surface area (Å²) in [5, 5.41) is 0. The molecule has 1 heterocycles. The van der Waals surface area contributed by atoms with Crippen LogP contribution in [0.15, 0.2) is 0 Å². The quantitative estimate of drug-likeness (QED) is 0.483. The summed E-state index contributed by atoms with van der Waals surface area (Å²) in [6.45, 7) is 4.98. The van der Waals surface area contributed by atoms with Crippen molar-refractivity contribution < 1.29 is 12.3 Å². The third-order valence-electron chi connectivity index (χ3n) is 2.47. The van der Waals surface area contributed by atoms with Crippen LogP contribution in [-0.2, 0) is 9.53 Å². The monoisotopic (exact) mass is 144 g/mol. The Morgan fingerprint density at radius 3 is 2.10 bits per heavy atom. The molecule has 10 heavy (non-hydrogen) atoms. The van der Waals surface area contributed by atoms with E-state index in [4.69, 9.17) is 2.74 Å². The second-order valence-corrected chi connectivity index (χ2v) is 3.74. The Balaban J connectivity index is 3.19. The largest absolute Gasteiger partial charge is 0.465 e. The number of hydrogen-bond donors (Lipinski definition) is 0. The molecule has 1 aliphatic heterocycles. The van der Waals surface area contributed by atoms with E-state index in [2.05, 4.69) is 4.74 Å². The van der Waals surface area contributed by atoms with Crippen molar-refractivity contribution in [2.45, 2.75) is 27.7 Å². The second-order valence-electron chi connectivity index (χ2n) is 3.74. The zero-order valence-corrected chi connectivity index (χ0v) is 6.82. The van der Waals surface area contributed by atoms with Gasteiger partial charge in [0, 0.05) is 5.41 Å². The number of carbonyl (C=O) groups is 1. The van der Waals surface area contributed by atoms with Gasteiger partial charge in [0.05, 0.1) is 14.7 Å². The molecule has 1 aliphatic rings. The van der Waals surface area contributed by atoms with Crippen molar-refractivity contribution in [1.29, 1.82) is 0 Å². The predicted molar refractivity (Wildman–Crippen MR) is 38.5 cm³/mol. The van der Waals surface area contributed by atoms with Gasteiger partial charge in [0.1, 0.15) is 0 Å². The van der Waals surface area contributed by atoms with E-state index < -0.39 is 23.4 Å². The first kappa shape index (κ1) is 5.16. The summed E-state index contributed by atoms with van der Waals surface area (Å²) >= 11 is 0. The summed E-state index contributed by atoms with van der Waals surface area (Å²) in [6.07, 6.45) is 0. The highest BCUT2D eigenvalue weighted by Gasteiger charge is 2.50. The highest BCUT2D eigenvalue weighted by molar-refractivity contribution is 5.79. The number of ether oxygens (including phenoxy) is 1. The molecule has 0 aliphatic carbocycles. The van der Waals surface area contributed by atoms with Gasteiger partial charge < -0.3 is 4.74 Å². The Labute approximate surface area is 64.4 Å². The molecule has 2 nitrogen and oxygen atoms in total. The van der Waals surface area contributed by atoms with Crippen LogP contribution >= 0.6 is 0 Å². The molecule has 0 atom stereocenters. The molecular weight excluding hydrogens is 128 g/mol. The van der Waals surface area contributed by atoms with Crippen molar-refractivity contribution in [2.75, 3.05) is 6.56 Å². The van der Waals surface area contributed by atoms with Crippen molar-refractivity contribution in [3.05, 3.63) is 0 Å². The number of rotatable bonds is 0. The Kier molecular flexibility index (Phi) is 0.900. The van der Waals surface area contributed by atoms with Crippen molar-refractivity contribution in [1.82, 2.24) is 0 Å². The summed E-state index contributed by atoms with van der Waals surface area (Å²) in [4.78, 5) is 11.3. The highest BCUT2D eigenvalue weighted by atomic mass is 16.5. The van der Waals surface area contributed by atoms with Gasteiger partial charge in [0.15, 0.2) is 0 Å². The van der Waals surface area contributed by atoms with Crippen LogP contribution in [-0.4, -0.2) is 12.5 Å². The van der Waals surface area contributed by atoms with Crippen molar-refractivity contribution in [3.63, 3.8) is 0 Å². The standard InChI is InChI=1S/C8H14O2/c1-7(2)5-10-6(9)8(7,3)4/h5H2,1-4H3/i5D2. The van der Waals surface area contributed by atoms with Gasteiger partial charge in [-0.3, -0.25) is 4.79 Å². The predicted octanol–water partition coefficient (Wildman–Crippen LogP) is 1.60. The zero-order chi connectivity index (χ0) is 9.78. The first-order chi connectivity index (χ1) is 5.13. The molecule has 58 valence electrons. The van der Waals surface area contributed by atoms with Crippen LogP contribution in [0.3, 0.4) is 0 Å². The average Bonchev–Trinajstić information content (AvgIpc) is 1.92. The van der Waals surface area contributed by atoms with Crippen LogP contribution < -0.4 is 0 Å². The van der Waals surface area contributed by atoms with Crippen molar-refractivity contribution in [2.24, 2.45) is 10.8 Å². The highest BCUT2D eigenvalue weighted by Crippen LogP contribution is 2.44. The maximum Gasteiger partial charge on any atom is 0.312 e. The minimum absolute atomic E-state index is 0.461. The smallest absolute Gasteiger partial charge is 0.312 e. The Bertz CT molecular complexity index is 231. The number of hydrogen-bond acceptors (Lipinski definition) is 2. The topological polar surface area (TPSA) is 26.3 Å². The van der Waals surface area contributed by atoms with Gasteiger partial charge in [0.2, 0.25) is 0 Å². The molecule has 1 fully saturated rings. The SMILES string of the molecule is [2H]C1([2H])OC(=O)C(C)(C)C1(C)C. The summed E-state index contributed by atoms with van der Waals surface area (Å²) in [6, 6.07) is 0. The van der Waals surface area contributed by atoms with Crippen LogP contribution in [0.5, 0.6) is 0 Å². The van der Waals surface area contributed by atoms with E-state index >= 15 is 0 Å². The van der Waals surface area contributed by atoms with Gasteiger partial charge in [-0.25, -0.2) is 0 Å².